The topological polar surface area (TPSA) is 32.5 Å². The van der Waals surface area contributed by atoms with Crippen molar-refractivity contribution in [1.29, 1.82) is 0 Å². The molecule has 2 aromatic carbocycles. The highest BCUT2D eigenvalue weighted by atomic mass is 35.5. The number of aryl methyl sites for hydroxylation is 1. The summed E-state index contributed by atoms with van der Waals surface area (Å²) in [6.07, 6.45) is 2.00. The molecule has 1 aromatic heterocycles. The molecule has 0 saturated carbocycles. The quantitative estimate of drug-likeness (QED) is 0.616. The van der Waals surface area contributed by atoms with E-state index in [2.05, 4.69) is 45.3 Å². The lowest BCUT2D eigenvalue weighted by atomic mass is 10.1. The van der Waals surface area contributed by atoms with Crippen molar-refractivity contribution >= 4 is 17.3 Å². The molecule has 140 valence electrons. The van der Waals surface area contributed by atoms with Gasteiger partial charge in [0.15, 0.2) is 0 Å². The maximum atomic E-state index is 6.32. The summed E-state index contributed by atoms with van der Waals surface area (Å²) in [7, 11) is 0. The highest BCUT2D eigenvalue weighted by Crippen LogP contribution is 2.26. The van der Waals surface area contributed by atoms with Gasteiger partial charge in [-0.3, -0.25) is 4.90 Å². The number of hydrogen-bond donors (Lipinski definition) is 0. The smallest absolute Gasteiger partial charge is 0.137 e. The van der Waals surface area contributed by atoms with Gasteiger partial charge in [0, 0.05) is 44.2 Å². The molecule has 0 aliphatic carbocycles. The fourth-order valence-corrected chi connectivity index (χ4v) is 3.83. The van der Waals surface area contributed by atoms with Gasteiger partial charge in [0.25, 0.3) is 0 Å². The van der Waals surface area contributed by atoms with Crippen molar-refractivity contribution in [3.05, 3.63) is 71.4 Å². The lowest BCUT2D eigenvalue weighted by molar-refractivity contribution is 0.251. The predicted octanol–water partition coefficient (Wildman–Crippen LogP) is 4.75. The summed E-state index contributed by atoms with van der Waals surface area (Å²) in [4.78, 5) is 4.89. The number of nitrogens with zero attached hydrogens (tertiary/aromatic N) is 3. The number of anilines is 1. The summed E-state index contributed by atoms with van der Waals surface area (Å²) in [6.45, 7) is 5.25. The van der Waals surface area contributed by atoms with Crippen molar-refractivity contribution in [3.8, 4) is 11.3 Å². The Morgan fingerprint density at radius 3 is 2.44 bits per heavy atom. The van der Waals surface area contributed by atoms with Gasteiger partial charge in [0.05, 0.1) is 10.7 Å². The maximum absolute atomic E-state index is 6.32. The Morgan fingerprint density at radius 2 is 1.67 bits per heavy atom. The highest BCUT2D eigenvalue weighted by Gasteiger charge is 2.18. The second kappa shape index (κ2) is 8.59. The number of hydrogen-bond acceptors (Lipinski definition) is 4. The average molecular weight is 382 g/mol. The molecule has 5 heteroatoms. The Kier molecular flexibility index (Phi) is 5.75. The Balaban J connectivity index is 1.23. The van der Waals surface area contributed by atoms with E-state index in [-0.39, 0.29) is 0 Å². The third-order valence-corrected chi connectivity index (χ3v) is 5.41. The Labute approximate surface area is 165 Å². The molecule has 1 aliphatic heterocycles. The molecule has 27 heavy (non-hydrogen) atoms. The Bertz CT molecular complexity index is 857. The van der Waals surface area contributed by atoms with Crippen LogP contribution < -0.4 is 4.90 Å². The summed E-state index contributed by atoms with van der Waals surface area (Å²) >= 11 is 6.32. The lowest BCUT2D eigenvalue weighted by Crippen LogP contribution is -2.46. The fraction of sp³-hybridized carbons (Fsp3) is 0.318. The van der Waals surface area contributed by atoms with Gasteiger partial charge < -0.3 is 9.42 Å². The predicted molar refractivity (Wildman–Crippen MR) is 110 cm³/mol. The molecule has 3 aromatic rings. The van der Waals surface area contributed by atoms with Crippen molar-refractivity contribution in [2.75, 3.05) is 37.6 Å². The van der Waals surface area contributed by atoms with Gasteiger partial charge in [-0.15, -0.1) is 0 Å². The molecule has 1 aliphatic rings. The van der Waals surface area contributed by atoms with Crippen molar-refractivity contribution in [2.45, 2.75) is 12.8 Å². The zero-order valence-electron chi connectivity index (χ0n) is 15.4. The molecular weight excluding hydrogens is 358 g/mol. The molecule has 1 saturated heterocycles. The van der Waals surface area contributed by atoms with Gasteiger partial charge in [-0.25, -0.2) is 0 Å². The van der Waals surface area contributed by atoms with Crippen molar-refractivity contribution in [3.63, 3.8) is 0 Å². The van der Waals surface area contributed by atoms with Crippen LogP contribution in [0.1, 0.15) is 12.2 Å². The molecule has 4 nitrogen and oxygen atoms in total. The number of halogens is 1. The van der Waals surface area contributed by atoms with Crippen molar-refractivity contribution < 1.29 is 4.52 Å². The first-order valence-corrected chi connectivity index (χ1v) is 9.90. The minimum atomic E-state index is 0.838. The Morgan fingerprint density at radius 1 is 0.926 bits per heavy atom. The second-order valence-corrected chi connectivity index (χ2v) is 7.34. The van der Waals surface area contributed by atoms with Crippen molar-refractivity contribution in [1.82, 2.24) is 10.1 Å². The van der Waals surface area contributed by atoms with E-state index >= 15 is 0 Å². The van der Waals surface area contributed by atoms with Crippen LogP contribution in [0.5, 0.6) is 0 Å². The monoisotopic (exact) mass is 381 g/mol. The molecule has 0 N–H and O–H groups in total. The van der Waals surface area contributed by atoms with Gasteiger partial charge in [-0.1, -0.05) is 59.2 Å². The first kappa shape index (κ1) is 18.1. The highest BCUT2D eigenvalue weighted by molar-refractivity contribution is 6.33. The van der Waals surface area contributed by atoms with Crippen LogP contribution in [0.15, 0.2) is 65.2 Å². The minimum Gasteiger partial charge on any atom is -0.368 e. The summed E-state index contributed by atoms with van der Waals surface area (Å²) < 4.78 is 5.51. The third-order valence-electron chi connectivity index (χ3n) is 5.09. The number of para-hydroxylation sites is 1. The molecule has 2 heterocycles. The molecule has 0 amide bonds. The molecule has 0 atom stereocenters. The van der Waals surface area contributed by atoms with Crippen LogP contribution in [0.3, 0.4) is 0 Å². The zero-order valence-corrected chi connectivity index (χ0v) is 16.1. The van der Waals surface area contributed by atoms with Crippen LogP contribution in [0, 0.1) is 0 Å². The van der Waals surface area contributed by atoms with Crippen LogP contribution in [0.4, 0.5) is 5.69 Å². The number of benzene rings is 2. The van der Waals surface area contributed by atoms with E-state index in [0.29, 0.717) is 0 Å². The van der Waals surface area contributed by atoms with Crippen LogP contribution in [-0.2, 0) is 6.42 Å². The molecule has 0 spiro atoms. The number of piperazine rings is 1. The van der Waals surface area contributed by atoms with Crippen LogP contribution >= 0.6 is 11.6 Å². The largest absolute Gasteiger partial charge is 0.368 e. The van der Waals surface area contributed by atoms with Gasteiger partial charge in [-0.2, -0.15) is 0 Å². The third kappa shape index (κ3) is 4.52. The van der Waals surface area contributed by atoms with Gasteiger partial charge in [0.1, 0.15) is 11.5 Å². The van der Waals surface area contributed by atoms with Gasteiger partial charge in [0.2, 0.25) is 0 Å². The maximum Gasteiger partial charge on any atom is 0.137 e. The summed E-state index contributed by atoms with van der Waals surface area (Å²) in [5, 5.41) is 5.03. The number of aromatic nitrogens is 1. The summed E-state index contributed by atoms with van der Waals surface area (Å²) in [5.74, 6) is 0.962. The summed E-state index contributed by atoms with van der Waals surface area (Å²) in [5.41, 5.74) is 3.16. The van der Waals surface area contributed by atoms with E-state index in [1.54, 1.807) is 0 Å². The molecule has 0 bridgehead atoms. The first-order valence-electron chi connectivity index (χ1n) is 9.52. The molecule has 0 radical (unpaired) electrons. The zero-order chi connectivity index (χ0) is 18.5. The fourth-order valence-electron chi connectivity index (χ4n) is 3.57. The van der Waals surface area contributed by atoms with E-state index in [0.717, 1.165) is 73.3 Å². The minimum absolute atomic E-state index is 0.838. The van der Waals surface area contributed by atoms with E-state index in [4.69, 9.17) is 16.1 Å². The van der Waals surface area contributed by atoms with Crippen LogP contribution in [-0.4, -0.2) is 42.8 Å². The van der Waals surface area contributed by atoms with Gasteiger partial charge in [-0.05, 0) is 25.1 Å². The standard InChI is InChI=1S/C22H24ClN3O/c23-20-10-4-5-11-22(20)26-15-13-25(14-16-26)12-6-9-19-17-21(24-27-19)18-7-2-1-3-8-18/h1-5,7-8,10-11,17H,6,9,12-16H2. The van der Waals surface area contributed by atoms with E-state index < -0.39 is 0 Å². The van der Waals surface area contributed by atoms with E-state index in [1.165, 1.54) is 0 Å². The van der Waals surface area contributed by atoms with Gasteiger partial charge >= 0.3 is 0 Å². The average Bonchev–Trinajstić information content (AvgIpc) is 3.19. The molecule has 1 fully saturated rings. The first-order chi connectivity index (χ1) is 13.3. The van der Waals surface area contributed by atoms with Crippen LogP contribution in [0.2, 0.25) is 5.02 Å². The lowest BCUT2D eigenvalue weighted by Gasteiger charge is -2.36. The summed E-state index contributed by atoms with van der Waals surface area (Å²) in [6, 6.07) is 20.3. The molecular formula is C22H24ClN3O. The van der Waals surface area contributed by atoms with E-state index in [9.17, 15) is 0 Å². The second-order valence-electron chi connectivity index (χ2n) is 6.93. The normalized spacial score (nSPS) is 15.2. The van der Waals surface area contributed by atoms with Crippen molar-refractivity contribution in [2.24, 2.45) is 0 Å². The molecule has 0 unspecified atom stereocenters. The Hall–Kier alpha value is -2.30. The van der Waals surface area contributed by atoms with E-state index in [1.807, 2.05) is 30.3 Å². The number of rotatable bonds is 6. The SMILES string of the molecule is Clc1ccccc1N1CCN(CCCc2cc(-c3ccccc3)no2)CC1. The van der Waals surface area contributed by atoms with Crippen LogP contribution in [0.25, 0.3) is 11.3 Å². The molecule has 4 rings (SSSR count).